The van der Waals surface area contributed by atoms with E-state index in [4.69, 9.17) is 16.3 Å². The molecule has 0 atom stereocenters. The third-order valence-corrected chi connectivity index (χ3v) is 2.51. The summed E-state index contributed by atoms with van der Waals surface area (Å²) in [6, 6.07) is 6.22. The number of carboxylic acid groups (broad SMARTS) is 1. The molecule has 1 aromatic rings. The number of aliphatic carboxylic acids is 1. The zero-order valence-electron chi connectivity index (χ0n) is 11.8. The molecule has 0 aliphatic carbocycles. The molecule has 0 spiro atoms. The summed E-state index contributed by atoms with van der Waals surface area (Å²) < 4.78 is 5.05. The Morgan fingerprint density at radius 2 is 2.24 bits per heavy atom. The maximum Gasteiger partial charge on any atom is 0.341 e. The number of carboxylic acids is 1. The van der Waals surface area contributed by atoms with Crippen molar-refractivity contribution in [1.29, 1.82) is 0 Å². The Hall–Kier alpha value is -2.68. The first-order chi connectivity index (χ1) is 10.1. The van der Waals surface area contributed by atoms with Gasteiger partial charge < -0.3 is 20.1 Å². The summed E-state index contributed by atoms with van der Waals surface area (Å²) in [5, 5.41) is 11.3. The Labute approximate surface area is 123 Å². The number of ether oxygens (including phenoxy) is 1. The number of benzene rings is 1. The summed E-state index contributed by atoms with van der Waals surface area (Å²) >= 11 is 0. The number of anilines is 1. The lowest BCUT2D eigenvalue weighted by Crippen LogP contribution is -2.35. The molecule has 6 heteroatoms. The molecule has 0 fully saturated rings. The first-order valence-electron chi connectivity index (χ1n) is 6.50. The van der Waals surface area contributed by atoms with Gasteiger partial charge in [0.25, 0.3) is 0 Å². The van der Waals surface area contributed by atoms with Crippen molar-refractivity contribution in [1.82, 2.24) is 4.90 Å². The number of terminal acetylenes is 1. The summed E-state index contributed by atoms with van der Waals surface area (Å²) in [7, 11) is 0. The molecule has 0 bridgehead atoms. The molecule has 0 aliphatic heterocycles. The molecule has 0 unspecified atom stereocenters. The normalized spacial score (nSPS) is 9.52. The molecule has 0 heterocycles. The van der Waals surface area contributed by atoms with Crippen LogP contribution in [-0.2, 0) is 4.79 Å². The average molecular weight is 290 g/mol. The van der Waals surface area contributed by atoms with Crippen LogP contribution in [0, 0.1) is 12.3 Å². The lowest BCUT2D eigenvalue weighted by Gasteiger charge is -2.20. The van der Waals surface area contributed by atoms with E-state index < -0.39 is 12.6 Å². The van der Waals surface area contributed by atoms with Crippen molar-refractivity contribution in [2.24, 2.45) is 0 Å². The molecule has 0 aromatic heterocycles. The molecule has 21 heavy (non-hydrogen) atoms. The van der Waals surface area contributed by atoms with E-state index in [9.17, 15) is 9.59 Å². The highest BCUT2D eigenvalue weighted by Gasteiger charge is 2.11. The molecule has 2 amide bonds. The molecule has 0 radical (unpaired) electrons. The molecule has 0 saturated heterocycles. The van der Waals surface area contributed by atoms with Gasteiger partial charge in [0.15, 0.2) is 6.61 Å². The van der Waals surface area contributed by atoms with E-state index in [-0.39, 0.29) is 12.6 Å². The zero-order chi connectivity index (χ0) is 15.7. The summed E-state index contributed by atoms with van der Waals surface area (Å²) in [5.74, 6) is 1.75. The maximum atomic E-state index is 12.1. The quantitative estimate of drug-likeness (QED) is 0.753. The third-order valence-electron chi connectivity index (χ3n) is 2.51. The number of carbonyl (C=O) groups is 2. The summed E-state index contributed by atoms with van der Waals surface area (Å²) in [6.45, 7) is 2.31. The minimum atomic E-state index is -1.06. The van der Waals surface area contributed by atoms with Crippen molar-refractivity contribution < 1.29 is 19.4 Å². The van der Waals surface area contributed by atoms with Crippen molar-refractivity contribution in [3.05, 3.63) is 24.3 Å². The second-order valence-corrected chi connectivity index (χ2v) is 4.27. The highest BCUT2D eigenvalue weighted by atomic mass is 16.5. The van der Waals surface area contributed by atoms with Gasteiger partial charge in [-0.2, -0.15) is 0 Å². The van der Waals surface area contributed by atoms with E-state index in [2.05, 4.69) is 11.2 Å². The number of amides is 2. The van der Waals surface area contributed by atoms with Crippen LogP contribution >= 0.6 is 0 Å². The fourth-order valence-electron chi connectivity index (χ4n) is 1.64. The number of nitrogens with zero attached hydrogens (tertiary/aromatic N) is 1. The van der Waals surface area contributed by atoms with E-state index >= 15 is 0 Å². The lowest BCUT2D eigenvalue weighted by molar-refractivity contribution is -0.139. The Balaban J connectivity index is 2.68. The van der Waals surface area contributed by atoms with Crippen LogP contribution < -0.4 is 10.1 Å². The van der Waals surface area contributed by atoms with Gasteiger partial charge in [-0.1, -0.05) is 18.9 Å². The van der Waals surface area contributed by atoms with Gasteiger partial charge in [-0.25, -0.2) is 9.59 Å². The topological polar surface area (TPSA) is 78.9 Å². The van der Waals surface area contributed by atoms with Gasteiger partial charge >= 0.3 is 12.0 Å². The predicted octanol–water partition coefficient (Wildman–Crippen LogP) is 2.03. The second-order valence-electron chi connectivity index (χ2n) is 4.27. The molecule has 112 valence electrons. The van der Waals surface area contributed by atoms with Gasteiger partial charge in [0, 0.05) is 18.3 Å². The maximum absolute atomic E-state index is 12.1. The lowest BCUT2D eigenvalue weighted by atomic mass is 10.3. The van der Waals surface area contributed by atoms with Crippen molar-refractivity contribution in [3.8, 4) is 18.1 Å². The average Bonchev–Trinajstić information content (AvgIpc) is 2.45. The van der Waals surface area contributed by atoms with Gasteiger partial charge in [-0.15, -0.1) is 6.42 Å². The van der Waals surface area contributed by atoms with E-state index in [1.165, 1.54) is 4.90 Å². The van der Waals surface area contributed by atoms with Crippen LogP contribution in [0.3, 0.4) is 0 Å². The van der Waals surface area contributed by atoms with E-state index in [1.807, 2.05) is 6.92 Å². The number of hydrogen-bond acceptors (Lipinski definition) is 3. The van der Waals surface area contributed by atoms with E-state index in [1.54, 1.807) is 24.3 Å². The largest absolute Gasteiger partial charge is 0.482 e. The summed E-state index contributed by atoms with van der Waals surface area (Å²) in [4.78, 5) is 24.0. The minimum Gasteiger partial charge on any atom is -0.482 e. The molecule has 0 aliphatic rings. The molecule has 0 saturated carbocycles. The molecular weight excluding hydrogens is 272 g/mol. The first-order valence-corrected chi connectivity index (χ1v) is 6.50. The molecule has 1 aromatic carbocycles. The summed E-state index contributed by atoms with van der Waals surface area (Å²) in [5.41, 5.74) is 0.515. The highest BCUT2D eigenvalue weighted by molar-refractivity contribution is 5.89. The Morgan fingerprint density at radius 1 is 1.48 bits per heavy atom. The van der Waals surface area contributed by atoms with Crippen molar-refractivity contribution in [3.63, 3.8) is 0 Å². The second kappa shape index (κ2) is 8.48. The van der Waals surface area contributed by atoms with Crippen LogP contribution in [0.4, 0.5) is 10.5 Å². The van der Waals surface area contributed by atoms with Crippen LogP contribution in [0.5, 0.6) is 5.75 Å². The van der Waals surface area contributed by atoms with Gasteiger partial charge in [-0.05, 0) is 18.6 Å². The van der Waals surface area contributed by atoms with Crippen LogP contribution in [0.15, 0.2) is 24.3 Å². The van der Waals surface area contributed by atoms with Gasteiger partial charge in [0.05, 0.1) is 6.54 Å². The smallest absolute Gasteiger partial charge is 0.341 e. The summed E-state index contributed by atoms with van der Waals surface area (Å²) in [6.07, 6.45) is 6.04. The number of hydrogen-bond donors (Lipinski definition) is 2. The Bertz CT molecular complexity index is 537. The fraction of sp³-hybridized carbons (Fsp3) is 0.333. The number of rotatable bonds is 7. The van der Waals surface area contributed by atoms with Crippen molar-refractivity contribution >= 4 is 17.7 Å². The number of urea groups is 1. The standard InChI is InChI=1S/C15H18N2O4/c1-3-8-17(9-4-2)15(20)16-12-6-5-7-13(10-12)21-11-14(18)19/h1,5-7,10H,4,8-9,11H2,2H3,(H,16,20)(H,18,19). The zero-order valence-corrected chi connectivity index (χ0v) is 11.8. The number of nitrogens with one attached hydrogen (secondary N) is 1. The highest BCUT2D eigenvalue weighted by Crippen LogP contribution is 2.17. The minimum absolute atomic E-state index is 0.231. The third kappa shape index (κ3) is 5.87. The van der Waals surface area contributed by atoms with Gasteiger partial charge in [0.2, 0.25) is 0 Å². The van der Waals surface area contributed by atoms with Gasteiger partial charge in [0.1, 0.15) is 5.75 Å². The molecular formula is C15H18N2O4. The Kier molecular flexibility index (Phi) is 6.61. The molecule has 2 N–H and O–H groups in total. The van der Waals surface area contributed by atoms with Crippen LogP contribution in [0.1, 0.15) is 13.3 Å². The van der Waals surface area contributed by atoms with Crippen LogP contribution in [0.25, 0.3) is 0 Å². The van der Waals surface area contributed by atoms with E-state index in [0.717, 1.165) is 6.42 Å². The van der Waals surface area contributed by atoms with Crippen molar-refractivity contribution in [2.75, 3.05) is 25.0 Å². The molecule has 6 nitrogen and oxygen atoms in total. The van der Waals surface area contributed by atoms with Crippen molar-refractivity contribution in [2.45, 2.75) is 13.3 Å². The van der Waals surface area contributed by atoms with Crippen LogP contribution in [-0.4, -0.2) is 41.7 Å². The first kappa shape index (κ1) is 16.4. The molecule has 1 rings (SSSR count). The fourth-order valence-corrected chi connectivity index (χ4v) is 1.64. The van der Waals surface area contributed by atoms with E-state index in [0.29, 0.717) is 18.0 Å². The van der Waals surface area contributed by atoms with Crippen LogP contribution in [0.2, 0.25) is 0 Å². The van der Waals surface area contributed by atoms with Gasteiger partial charge in [-0.3, -0.25) is 0 Å². The Morgan fingerprint density at radius 3 is 2.86 bits per heavy atom. The number of carbonyl (C=O) groups excluding carboxylic acids is 1. The SMILES string of the molecule is C#CCN(CCC)C(=O)Nc1cccc(OCC(=O)O)c1. The monoisotopic (exact) mass is 290 g/mol. The predicted molar refractivity (Wildman–Crippen MR) is 79.3 cm³/mol.